The number of hydrogen-bond donors (Lipinski definition) is 3. The Morgan fingerprint density at radius 1 is 1.30 bits per heavy atom. The average molecular weight is 457 g/mol. The van der Waals surface area contributed by atoms with Gasteiger partial charge < -0.3 is 14.6 Å². The zero-order chi connectivity index (χ0) is 23.8. The van der Waals surface area contributed by atoms with E-state index in [4.69, 9.17) is 10.00 Å². The second-order valence-corrected chi connectivity index (χ2v) is 7.55. The molecule has 1 aliphatic rings. The van der Waals surface area contributed by atoms with Crippen LogP contribution in [0.25, 0.3) is 11.3 Å². The maximum atomic E-state index is 14.7. The maximum Gasteiger partial charge on any atom is 0.325 e. The second kappa shape index (κ2) is 8.30. The Balaban J connectivity index is 1.55. The highest BCUT2D eigenvalue weighted by Gasteiger charge is 2.49. The molecule has 0 bridgehead atoms. The summed E-state index contributed by atoms with van der Waals surface area (Å²) < 4.78 is 34.8. The van der Waals surface area contributed by atoms with Crippen LogP contribution >= 0.6 is 0 Å². The largest absolute Gasteiger partial charge is 0.477 e. The summed E-state index contributed by atoms with van der Waals surface area (Å²) in [5, 5.41) is 14.9. The van der Waals surface area contributed by atoms with Crippen LogP contribution in [0.5, 0.6) is 5.88 Å². The Bertz CT molecular complexity index is 1420. The minimum Gasteiger partial charge on any atom is -0.477 e. The number of nitrogens with zero attached hydrogens (tertiary/aromatic N) is 4. The van der Waals surface area contributed by atoms with Gasteiger partial charge in [0, 0.05) is 25.0 Å². The zero-order valence-electron chi connectivity index (χ0n) is 17.2. The summed E-state index contributed by atoms with van der Waals surface area (Å²) in [5.41, 5.74) is -1.34. The highest BCUT2D eigenvalue weighted by Crippen LogP contribution is 2.35. The molecule has 0 radical (unpaired) electrons. The van der Waals surface area contributed by atoms with Crippen LogP contribution in [0.3, 0.4) is 0 Å². The van der Waals surface area contributed by atoms with Crippen LogP contribution < -0.4 is 26.4 Å². The molecular formula is C20H17F2N7O4. The number of hydrogen-bond acceptors (Lipinski definition) is 8. The van der Waals surface area contributed by atoms with E-state index < -0.39 is 35.2 Å². The van der Waals surface area contributed by atoms with Gasteiger partial charge in [-0.2, -0.15) is 10.4 Å². The number of ether oxygens (including phenoxy) is 1. The topological polar surface area (TPSA) is 161 Å². The number of halogens is 2. The van der Waals surface area contributed by atoms with Gasteiger partial charge in [0.25, 0.3) is 17.0 Å². The molecule has 0 aliphatic carbocycles. The predicted molar refractivity (Wildman–Crippen MR) is 111 cm³/mol. The van der Waals surface area contributed by atoms with E-state index in [1.165, 1.54) is 23.2 Å². The number of pyridine rings is 1. The van der Waals surface area contributed by atoms with E-state index in [1.807, 2.05) is 11.1 Å². The van der Waals surface area contributed by atoms with Crippen molar-refractivity contribution in [3.8, 4) is 23.2 Å². The van der Waals surface area contributed by atoms with Crippen molar-refractivity contribution >= 4 is 5.69 Å². The zero-order valence-corrected chi connectivity index (χ0v) is 17.2. The van der Waals surface area contributed by atoms with E-state index in [0.717, 1.165) is 6.20 Å². The lowest BCUT2D eigenvalue weighted by Crippen LogP contribution is -2.32. The molecule has 3 N–H and O–H groups in total. The molecule has 1 fully saturated rings. The van der Waals surface area contributed by atoms with Crippen LogP contribution in [0, 0.1) is 24.2 Å². The summed E-state index contributed by atoms with van der Waals surface area (Å²) >= 11 is 0. The maximum absolute atomic E-state index is 14.7. The van der Waals surface area contributed by atoms with Gasteiger partial charge in [-0.3, -0.25) is 14.6 Å². The van der Waals surface area contributed by atoms with Crippen molar-refractivity contribution < 1.29 is 13.5 Å². The van der Waals surface area contributed by atoms with Crippen molar-refractivity contribution in [2.24, 2.45) is 5.92 Å². The van der Waals surface area contributed by atoms with E-state index in [1.54, 1.807) is 6.92 Å². The number of nitriles is 1. The molecule has 3 aromatic heterocycles. The molecule has 0 saturated carbocycles. The lowest BCUT2D eigenvalue weighted by atomic mass is 10.1. The number of rotatable bonds is 5. The predicted octanol–water partition coefficient (Wildman–Crippen LogP) is 0.539. The third-order valence-corrected chi connectivity index (χ3v) is 5.30. The van der Waals surface area contributed by atoms with E-state index in [-0.39, 0.29) is 36.0 Å². The summed E-state index contributed by atoms with van der Waals surface area (Å²) in [5.74, 6) is -4.31. The van der Waals surface area contributed by atoms with Crippen molar-refractivity contribution in [2.75, 3.05) is 24.6 Å². The Morgan fingerprint density at radius 2 is 2.09 bits per heavy atom. The van der Waals surface area contributed by atoms with Crippen LogP contribution in [0.1, 0.15) is 11.1 Å². The molecule has 1 atom stereocenters. The van der Waals surface area contributed by atoms with Crippen LogP contribution in [-0.4, -0.2) is 50.8 Å². The number of H-pyrrole nitrogens is 3. The van der Waals surface area contributed by atoms with E-state index in [0.29, 0.717) is 11.1 Å². The summed E-state index contributed by atoms with van der Waals surface area (Å²) in [7, 11) is 0. The van der Waals surface area contributed by atoms with Gasteiger partial charge in [0.05, 0.1) is 29.3 Å². The smallest absolute Gasteiger partial charge is 0.325 e. The van der Waals surface area contributed by atoms with Gasteiger partial charge in [0.15, 0.2) is 0 Å². The quantitative estimate of drug-likeness (QED) is 0.500. The van der Waals surface area contributed by atoms with Gasteiger partial charge in [-0.25, -0.2) is 23.7 Å². The van der Waals surface area contributed by atoms with Crippen LogP contribution in [-0.2, 0) is 0 Å². The number of anilines is 1. The fraction of sp³-hybridized carbons (Fsp3) is 0.300. The van der Waals surface area contributed by atoms with Gasteiger partial charge in [-0.15, -0.1) is 0 Å². The molecule has 0 spiro atoms. The third kappa shape index (κ3) is 4.36. The molecule has 1 saturated heterocycles. The molecule has 33 heavy (non-hydrogen) atoms. The fourth-order valence-electron chi connectivity index (χ4n) is 3.49. The molecule has 13 heteroatoms. The molecule has 0 aromatic carbocycles. The summed E-state index contributed by atoms with van der Waals surface area (Å²) in [6.45, 7) is 0.378. The third-order valence-electron chi connectivity index (χ3n) is 5.30. The number of alkyl halides is 2. The number of aromatic nitrogens is 5. The standard InChI is InChI=1S/C20H17F2N7O4/c1-10-2-16(24-5-11(10)4-23)33-8-12-7-29(9-20(12,21)22)15-3-14(27-28-18(15)31)13-6-25-19(32)26-17(13)30/h2-3,5-6,12H,7-9H2,1H3,(H,28,31)(H2,25,26,30,32). The molecule has 3 aromatic rings. The Hall–Kier alpha value is -4.34. The molecule has 4 rings (SSSR count). The molecule has 1 aliphatic heterocycles. The van der Waals surface area contributed by atoms with Crippen molar-refractivity contribution in [3.63, 3.8) is 0 Å². The van der Waals surface area contributed by atoms with Crippen molar-refractivity contribution in [3.05, 3.63) is 66.8 Å². The Kier molecular flexibility index (Phi) is 5.50. The van der Waals surface area contributed by atoms with E-state index in [9.17, 15) is 23.2 Å². The average Bonchev–Trinajstić information content (AvgIpc) is 3.07. The van der Waals surface area contributed by atoms with E-state index in [2.05, 4.69) is 20.2 Å². The lowest BCUT2D eigenvalue weighted by Gasteiger charge is -2.17. The first-order valence-electron chi connectivity index (χ1n) is 9.72. The highest BCUT2D eigenvalue weighted by molar-refractivity contribution is 5.62. The second-order valence-electron chi connectivity index (χ2n) is 7.55. The SMILES string of the molecule is Cc1cc(OCC2CN(c3cc(-c4c[nH]c(=O)[nH]c4=O)n[nH]c3=O)CC2(F)F)ncc1C#N. The van der Waals surface area contributed by atoms with Gasteiger partial charge >= 0.3 is 5.69 Å². The minimum atomic E-state index is -3.17. The van der Waals surface area contributed by atoms with E-state index >= 15 is 0 Å². The lowest BCUT2D eigenvalue weighted by molar-refractivity contribution is -0.0359. The Morgan fingerprint density at radius 3 is 2.79 bits per heavy atom. The summed E-state index contributed by atoms with van der Waals surface area (Å²) in [6.07, 6.45) is 2.42. The van der Waals surface area contributed by atoms with Crippen molar-refractivity contribution in [1.82, 2.24) is 25.1 Å². The van der Waals surface area contributed by atoms with Gasteiger partial charge in [-0.1, -0.05) is 0 Å². The molecule has 170 valence electrons. The fourth-order valence-corrected chi connectivity index (χ4v) is 3.49. The van der Waals surface area contributed by atoms with Gasteiger partial charge in [0.1, 0.15) is 18.4 Å². The van der Waals surface area contributed by atoms with Crippen LogP contribution in [0.15, 0.2) is 38.9 Å². The molecule has 1 unspecified atom stereocenters. The minimum absolute atomic E-state index is 0.00220. The first-order chi connectivity index (χ1) is 15.7. The van der Waals surface area contributed by atoms with Crippen LogP contribution in [0.2, 0.25) is 0 Å². The molecule has 11 nitrogen and oxygen atoms in total. The normalized spacial score (nSPS) is 17.0. The summed E-state index contributed by atoms with van der Waals surface area (Å²) in [4.78, 5) is 45.0. The molecule has 4 heterocycles. The number of aromatic amines is 3. The van der Waals surface area contributed by atoms with Gasteiger partial charge in [0.2, 0.25) is 5.88 Å². The highest BCUT2D eigenvalue weighted by atomic mass is 19.3. The molecular weight excluding hydrogens is 440 g/mol. The Labute approximate surface area is 183 Å². The number of nitrogens with one attached hydrogen (secondary N) is 3. The van der Waals surface area contributed by atoms with Crippen LogP contribution in [0.4, 0.5) is 14.5 Å². The monoisotopic (exact) mass is 457 g/mol. The molecule has 0 amide bonds. The number of aryl methyl sites for hydroxylation is 1. The van der Waals surface area contributed by atoms with Gasteiger partial charge in [-0.05, 0) is 18.6 Å². The first kappa shape index (κ1) is 21.9. The van der Waals surface area contributed by atoms with Crippen molar-refractivity contribution in [2.45, 2.75) is 12.8 Å². The first-order valence-corrected chi connectivity index (χ1v) is 9.72. The van der Waals surface area contributed by atoms with Crippen molar-refractivity contribution in [1.29, 1.82) is 5.26 Å². The summed E-state index contributed by atoms with van der Waals surface area (Å²) in [6, 6.07) is 4.67.